The van der Waals surface area contributed by atoms with Crippen molar-refractivity contribution in [1.29, 1.82) is 0 Å². The minimum atomic E-state index is -0.136. The molecule has 4 aromatic rings. The van der Waals surface area contributed by atoms with Gasteiger partial charge >= 0.3 is 0 Å². The van der Waals surface area contributed by atoms with Crippen LogP contribution in [0.1, 0.15) is 40.2 Å². The lowest BCUT2D eigenvalue weighted by atomic mass is 10.1. The first-order valence-corrected chi connectivity index (χ1v) is 11.6. The fourth-order valence-electron chi connectivity index (χ4n) is 4.03. The summed E-state index contributed by atoms with van der Waals surface area (Å²) in [6.07, 6.45) is 1.88. The van der Waals surface area contributed by atoms with E-state index in [1.54, 1.807) is 31.4 Å². The third-order valence-corrected chi connectivity index (χ3v) is 5.86. The van der Waals surface area contributed by atoms with Crippen molar-refractivity contribution >= 4 is 16.9 Å². The number of aromatic nitrogens is 2. The van der Waals surface area contributed by atoms with Gasteiger partial charge in [-0.2, -0.15) is 0 Å². The SMILES string of the molecule is COc1ccc(C(=O)NCc2nc3ccccc3n2CCCCOc2ccc(C)cc2C)cc1. The molecule has 0 spiro atoms. The Morgan fingerprint density at radius 2 is 1.79 bits per heavy atom. The standard InChI is InChI=1S/C28H31N3O3/c1-20-10-15-26(21(2)18-20)34-17-7-6-16-31-25-9-5-4-8-24(25)30-27(31)19-29-28(32)22-11-13-23(33-3)14-12-22/h4-5,8-15,18H,6-7,16-17,19H2,1-3H3,(H,29,32). The molecule has 176 valence electrons. The lowest BCUT2D eigenvalue weighted by Crippen LogP contribution is -2.24. The molecule has 1 aromatic heterocycles. The molecule has 0 radical (unpaired) electrons. The molecule has 0 saturated heterocycles. The summed E-state index contributed by atoms with van der Waals surface area (Å²) < 4.78 is 13.3. The summed E-state index contributed by atoms with van der Waals surface area (Å²) in [4.78, 5) is 17.4. The number of benzene rings is 3. The Kier molecular flexibility index (Phi) is 7.48. The Labute approximate surface area is 200 Å². The Bertz CT molecular complexity index is 1260. The van der Waals surface area contributed by atoms with Crippen molar-refractivity contribution in [3.63, 3.8) is 0 Å². The Hall–Kier alpha value is -3.80. The number of ether oxygens (including phenoxy) is 2. The zero-order valence-corrected chi connectivity index (χ0v) is 20.0. The fourth-order valence-corrected chi connectivity index (χ4v) is 4.03. The van der Waals surface area contributed by atoms with Crippen LogP contribution in [0, 0.1) is 13.8 Å². The smallest absolute Gasteiger partial charge is 0.251 e. The van der Waals surface area contributed by atoms with Crippen LogP contribution in [0.2, 0.25) is 0 Å². The monoisotopic (exact) mass is 457 g/mol. The highest BCUT2D eigenvalue weighted by Crippen LogP contribution is 2.20. The van der Waals surface area contributed by atoms with Gasteiger partial charge in [-0.1, -0.05) is 29.8 Å². The summed E-state index contributed by atoms with van der Waals surface area (Å²) in [5.41, 5.74) is 5.00. The highest BCUT2D eigenvalue weighted by atomic mass is 16.5. The van der Waals surface area contributed by atoms with Gasteiger partial charge in [0.1, 0.15) is 17.3 Å². The van der Waals surface area contributed by atoms with Crippen LogP contribution in [-0.2, 0) is 13.1 Å². The maximum Gasteiger partial charge on any atom is 0.251 e. The van der Waals surface area contributed by atoms with Crippen molar-refractivity contribution in [2.24, 2.45) is 0 Å². The number of methoxy groups -OCH3 is 1. The second-order valence-electron chi connectivity index (χ2n) is 8.40. The zero-order valence-electron chi connectivity index (χ0n) is 20.0. The summed E-state index contributed by atoms with van der Waals surface area (Å²) in [7, 11) is 1.61. The van der Waals surface area contributed by atoms with Crippen molar-refractivity contribution in [1.82, 2.24) is 14.9 Å². The Morgan fingerprint density at radius 3 is 2.56 bits per heavy atom. The number of imidazole rings is 1. The minimum Gasteiger partial charge on any atom is -0.497 e. The number of nitrogens with one attached hydrogen (secondary N) is 1. The van der Waals surface area contributed by atoms with Gasteiger partial charge in [0.05, 0.1) is 31.3 Å². The van der Waals surface area contributed by atoms with Gasteiger partial charge in [-0.25, -0.2) is 4.98 Å². The van der Waals surface area contributed by atoms with Crippen molar-refractivity contribution in [3.8, 4) is 11.5 Å². The molecule has 1 heterocycles. The van der Waals surface area contributed by atoms with E-state index in [4.69, 9.17) is 14.5 Å². The second kappa shape index (κ2) is 10.9. The molecule has 3 aromatic carbocycles. The molecule has 0 saturated carbocycles. The van der Waals surface area contributed by atoms with Gasteiger partial charge < -0.3 is 19.4 Å². The van der Waals surface area contributed by atoms with Crippen molar-refractivity contribution in [3.05, 3.63) is 89.2 Å². The molecule has 6 nitrogen and oxygen atoms in total. The maximum atomic E-state index is 12.6. The highest BCUT2D eigenvalue weighted by Gasteiger charge is 2.12. The van der Waals surface area contributed by atoms with Crippen LogP contribution in [0.3, 0.4) is 0 Å². The molecule has 0 aliphatic rings. The summed E-state index contributed by atoms with van der Waals surface area (Å²) in [6.45, 7) is 6.00. The van der Waals surface area contributed by atoms with Crippen molar-refractivity contribution in [2.75, 3.05) is 13.7 Å². The molecule has 0 atom stereocenters. The van der Waals surface area contributed by atoms with Gasteiger partial charge in [0.25, 0.3) is 5.91 Å². The number of carbonyl (C=O) groups is 1. The molecule has 0 fully saturated rings. The third kappa shape index (κ3) is 5.57. The van der Waals surface area contributed by atoms with E-state index in [2.05, 4.69) is 41.9 Å². The Balaban J connectivity index is 1.37. The molecule has 4 rings (SSSR count). The van der Waals surface area contributed by atoms with E-state index in [-0.39, 0.29) is 5.91 Å². The summed E-state index contributed by atoms with van der Waals surface area (Å²) in [5, 5.41) is 3.00. The predicted molar refractivity (Wildman–Crippen MR) is 135 cm³/mol. The first kappa shape index (κ1) is 23.4. The minimum absolute atomic E-state index is 0.136. The van der Waals surface area contributed by atoms with E-state index in [1.807, 2.05) is 24.3 Å². The van der Waals surface area contributed by atoms with E-state index >= 15 is 0 Å². The molecular formula is C28H31N3O3. The van der Waals surface area contributed by atoms with Crippen molar-refractivity contribution in [2.45, 2.75) is 39.8 Å². The molecule has 0 aliphatic carbocycles. The van der Waals surface area contributed by atoms with E-state index in [0.717, 1.165) is 53.3 Å². The average molecular weight is 458 g/mol. The second-order valence-corrected chi connectivity index (χ2v) is 8.40. The third-order valence-electron chi connectivity index (χ3n) is 5.86. The first-order valence-electron chi connectivity index (χ1n) is 11.6. The number of hydrogen-bond acceptors (Lipinski definition) is 4. The van der Waals surface area contributed by atoms with Crippen molar-refractivity contribution < 1.29 is 14.3 Å². The largest absolute Gasteiger partial charge is 0.497 e. The van der Waals surface area contributed by atoms with Gasteiger partial charge in [0, 0.05) is 12.1 Å². The van der Waals surface area contributed by atoms with Gasteiger partial charge in [-0.15, -0.1) is 0 Å². The normalized spacial score (nSPS) is 10.9. The summed E-state index contributed by atoms with van der Waals surface area (Å²) >= 11 is 0. The number of fused-ring (bicyclic) bond motifs is 1. The summed E-state index contributed by atoms with van der Waals surface area (Å²) in [6, 6.07) is 21.4. The molecule has 1 N–H and O–H groups in total. The van der Waals surface area contributed by atoms with E-state index in [9.17, 15) is 4.79 Å². The fraction of sp³-hybridized carbons (Fsp3) is 0.286. The molecule has 0 aliphatic heterocycles. The van der Waals surface area contributed by atoms with Crippen LogP contribution in [0.4, 0.5) is 0 Å². The number of para-hydroxylation sites is 2. The van der Waals surface area contributed by atoms with E-state index < -0.39 is 0 Å². The lowest BCUT2D eigenvalue weighted by molar-refractivity contribution is 0.0949. The van der Waals surface area contributed by atoms with Gasteiger partial charge in [-0.05, 0) is 74.7 Å². The molecule has 34 heavy (non-hydrogen) atoms. The predicted octanol–water partition coefficient (Wildman–Crippen LogP) is 5.45. The van der Waals surface area contributed by atoms with Crippen LogP contribution in [0.25, 0.3) is 11.0 Å². The number of aryl methyl sites for hydroxylation is 3. The van der Waals surface area contributed by atoms with E-state index in [0.29, 0.717) is 18.7 Å². The Morgan fingerprint density at radius 1 is 1.00 bits per heavy atom. The molecule has 1 amide bonds. The number of unbranched alkanes of at least 4 members (excludes halogenated alkanes) is 1. The number of carbonyl (C=O) groups excluding carboxylic acids is 1. The van der Waals surface area contributed by atoms with Crippen LogP contribution >= 0.6 is 0 Å². The van der Waals surface area contributed by atoms with Gasteiger partial charge in [0.15, 0.2) is 0 Å². The lowest BCUT2D eigenvalue weighted by Gasteiger charge is -2.12. The van der Waals surface area contributed by atoms with Crippen LogP contribution < -0.4 is 14.8 Å². The molecule has 0 bridgehead atoms. The molecular weight excluding hydrogens is 426 g/mol. The van der Waals surface area contributed by atoms with Crippen LogP contribution in [0.5, 0.6) is 11.5 Å². The number of nitrogens with zero attached hydrogens (tertiary/aromatic N) is 2. The quantitative estimate of drug-likeness (QED) is 0.322. The van der Waals surface area contributed by atoms with Gasteiger partial charge in [-0.3, -0.25) is 4.79 Å². The van der Waals surface area contributed by atoms with E-state index in [1.165, 1.54) is 5.56 Å². The van der Waals surface area contributed by atoms with Crippen LogP contribution in [0.15, 0.2) is 66.7 Å². The molecule has 6 heteroatoms. The number of amides is 1. The average Bonchev–Trinajstić information content (AvgIpc) is 3.21. The number of hydrogen-bond donors (Lipinski definition) is 1. The molecule has 0 unspecified atom stereocenters. The van der Waals surface area contributed by atoms with Crippen LogP contribution in [-0.4, -0.2) is 29.2 Å². The van der Waals surface area contributed by atoms with Gasteiger partial charge in [0.2, 0.25) is 0 Å². The summed E-state index contributed by atoms with van der Waals surface area (Å²) in [5.74, 6) is 2.38. The maximum absolute atomic E-state index is 12.6. The highest BCUT2D eigenvalue weighted by molar-refractivity contribution is 5.94. The topological polar surface area (TPSA) is 65.4 Å². The zero-order chi connectivity index (χ0) is 23.9. The number of rotatable bonds is 10. The first-order chi connectivity index (χ1) is 16.5.